The van der Waals surface area contributed by atoms with Gasteiger partial charge in [0.15, 0.2) is 5.78 Å². The Kier molecular flexibility index (Phi) is 4.69. The summed E-state index contributed by atoms with van der Waals surface area (Å²) in [6.07, 6.45) is 2.39. The number of ketones is 1. The van der Waals surface area contributed by atoms with E-state index in [1.165, 1.54) is 15.8 Å². The van der Waals surface area contributed by atoms with E-state index in [9.17, 15) is 9.90 Å². The third kappa shape index (κ3) is 2.63. The van der Waals surface area contributed by atoms with Crippen LogP contribution in [0, 0.1) is 13.8 Å². The van der Waals surface area contributed by atoms with Crippen molar-refractivity contribution in [1.82, 2.24) is 9.78 Å². The highest BCUT2D eigenvalue weighted by atomic mass is 32.2. The molecule has 1 aliphatic rings. The summed E-state index contributed by atoms with van der Waals surface area (Å²) in [4.78, 5) is 14.2. The Hall–Kier alpha value is -1.79. The lowest BCUT2D eigenvalue weighted by molar-refractivity contribution is 0.0961. The number of carbonyl (C=O) groups excluding carboxylic acids is 1. The summed E-state index contributed by atoms with van der Waals surface area (Å²) >= 11 is 1.82. The molecule has 1 aromatic heterocycles. The van der Waals surface area contributed by atoms with Gasteiger partial charge in [0, 0.05) is 29.9 Å². The molecule has 5 nitrogen and oxygen atoms in total. The maximum absolute atomic E-state index is 13.0. The molecule has 2 aromatic rings. The molecule has 1 aliphatic heterocycles. The SMILES string of the molecule is CCn1ncc(C(=O)c2cc(C)c3c(c2C)C(OC)CCS3)c1O. The molecule has 0 saturated heterocycles. The van der Waals surface area contributed by atoms with E-state index in [2.05, 4.69) is 5.10 Å². The molecule has 1 aromatic carbocycles. The minimum Gasteiger partial charge on any atom is -0.493 e. The lowest BCUT2D eigenvalue weighted by atomic mass is 9.90. The molecule has 24 heavy (non-hydrogen) atoms. The Morgan fingerprint density at radius 3 is 2.83 bits per heavy atom. The smallest absolute Gasteiger partial charge is 0.220 e. The van der Waals surface area contributed by atoms with Crippen LogP contribution in [0.5, 0.6) is 5.88 Å². The molecule has 0 saturated carbocycles. The van der Waals surface area contributed by atoms with Crippen molar-refractivity contribution >= 4 is 17.5 Å². The summed E-state index contributed by atoms with van der Waals surface area (Å²) in [7, 11) is 1.71. The quantitative estimate of drug-likeness (QED) is 0.856. The number of carbonyl (C=O) groups is 1. The number of ether oxygens (including phenoxy) is 1. The fourth-order valence-corrected chi connectivity index (χ4v) is 4.56. The van der Waals surface area contributed by atoms with Crippen LogP contribution in [0.1, 0.15) is 52.1 Å². The standard InChI is InChI=1S/C18H22N2O3S/c1-5-20-18(22)13(9-19-20)16(21)12-8-10(2)17-15(11(12)3)14(23-4)6-7-24-17/h8-9,14,22H,5-7H2,1-4H3. The van der Waals surface area contributed by atoms with Crippen LogP contribution in [-0.4, -0.2) is 33.5 Å². The molecule has 128 valence electrons. The number of aromatic hydroxyl groups is 1. The van der Waals surface area contributed by atoms with Gasteiger partial charge in [-0.2, -0.15) is 5.10 Å². The minimum atomic E-state index is -0.193. The van der Waals surface area contributed by atoms with Crippen LogP contribution in [-0.2, 0) is 11.3 Å². The Morgan fingerprint density at radius 1 is 1.46 bits per heavy atom. The van der Waals surface area contributed by atoms with E-state index in [-0.39, 0.29) is 23.3 Å². The van der Waals surface area contributed by atoms with Crippen molar-refractivity contribution in [2.45, 2.75) is 44.7 Å². The molecule has 0 amide bonds. The number of aryl methyl sites for hydroxylation is 2. The van der Waals surface area contributed by atoms with Crippen molar-refractivity contribution in [2.75, 3.05) is 12.9 Å². The highest BCUT2D eigenvalue weighted by molar-refractivity contribution is 7.99. The first kappa shape index (κ1) is 17.0. The van der Waals surface area contributed by atoms with Gasteiger partial charge in [0.1, 0.15) is 5.56 Å². The van der Waals surface area contributed by atoms with Crippen molar-refractivity contribution < 1.29 is 14.6 Å². The van der Waals surface area contributed by atoms with Gasteiger partial charge >= 0.3 is 0 Å². The van der Waals surface area contributed by atoms with Gasteiger partial charge in [-0.1, -0.05) is 0 Å². The number of aromatic nitrogens is 2. The van der Waals surface area contributed by atoms with E-state index in [1.807, 2.05) is 38.6 Å². The normalized spacial score (nSPS) is 16.9. The summed E-state index contributed by atoms with van der Waals surface area (Å²) in [5, 5.41) is 14.3. The average molecular weight is 346 g/mol. The van der Waals surface area contributed by atoms with Crippen molar-refractivity contribution in [3.05, 3.63) is 40.1 Å². The van der Waals surface area contributed by atoms with Crippen LogP contribution >= 0.6 is 11.8 Å². The number of rotatable bonds is 4. The monoisotopic (exact) mass is 346 g/mol. The number of nitrogens with zero attached hydrogens (tertiary/aromatic N) is 2. The summed E-state index contributed by atoms with van der Waals surface area (Å²) in [5.41, 5.74) is 3.98. The molecule has 2 heterocycles. The first-order chi connectivity index (χ1) is 11.5. The van der Waals surface area contributed by atoms with E-state index < -0.39 is 0 Å². The van der Waals surface area contributed by atoms with Crippen molar-refractivity contribution in [1.29, 1.82) is 0 Å². The second-order valence-corrected chi connectivity index (χ2v) is 7.10. The van der Waals surface area contributed by atoms with Gasteiger partial charge in [-0.3, -0.25) is 4.79 Å². The number of thioether (sulfide) groups is 1. The molecule has 3 rings (SSSR count). The molecule has 1 atom stereocenters. The van der Waals surface area contributed by atoms with Gasteiger partial charge in [-0.25, -0.2) is 4.68 Å². The molecule has 1 unspecified atom stereocenters. The molecule has 0 spiro atoms. The predicted octanol–water partition coefficient (Wildman–Crippen LogP) is 3.64. The molecule has 1 N–H and O–H groups in total. The zero-order valence-corrected chi connectivity index (χ0v) is 15.2. The Bertz CT molecular complexity index is 798. The Morgan fingerprint density at radius 2 is 2.21 bits per heavy atom. The van der Waals surface area contributed by atoms with Gasteiger partial charge in [-0.05, 0) is 49.9 Å². The Labute approximate surface area is 146 Å². The third-order valence-electron chi connectivity index (χ3n) is 4.60. The summed E-state index contributed by atoms with van der Waals surface area (Å²) in [5.74, 6) is 0.749. The lowest BCUT2D eigenvalue weighted by Gasteiger charge is -2.28. The predicted molar refractivity (Wildman–Crippen MR) is 94.0 cm³/mol. The summed E-state index contributed by atoms with van der Waals surface area (Å²) in [6.45, 7) is 6.37. The highest BCUT2D eigenvalue weighted by Gasteiger charge is 2.28. The van der Waals surface area contributed by atoms with Gasteiger partial charge in [-0.15, -0.1) is 11.8 Å². The minimum absolute atomic E-state index is 0.0136. The Balaban J connectivity index is 2.13. The zero-order chi connectivity index (χ0) is 17.4. The number of hydrogen-bond donors (Lipinski definition) is 1. The number of fused-ring (bicyclic) bond motifs is 1. The lowest BCUT2D eigenvalue weighted by Crippen LogP contribution is -2.15. The van der Waals surface area contributed by atoms with Crippen LogP contribution in [0.15, 0.2) is 17.2 Å². The molecule has 0 bridgehead atoms. The second-order valence-electron chi connectivity index (χ2n) is 6.00. The maximum atomic E-state index is 13.0. The van der Waals surface area contributed by atoms with Crippen molar-refractivity contribution in [3.8, 4) is 5.88 Å². The van der Waals surface area contributed by atoms with Crippen LogP contribution < -0.4 is 0 Å². The van der Waals surface area contributed by atoms with E-state index in [1.54, 1.807) is 7.11 Å². The summed E-state index contributed by atoms with van der Waals surface area (Å²) < 4.78 is 7.07. The van der Waals surface area contributed by atoms with Gasteiger partial charge in [0.05, 0.1) is 12.3 Å². The van der Waals surface area contributed by atoms with Crippen LogP contribution in [0.4, 0.5) is 0 Å². The van der Waals surface area contributed by atoms with Crippen molar-refractivity contribution in [3.63, 3.8) is 0 Å². The highest BCUT2D eigenvalue weighted by Crippen LogP contribution is 2.43. The van der Waals surface area contributed by atoms with Crippen LogP contribution in [0.2, 0.25) is 0 Å². The first-order valence-corrected chi connectivity index (χ1v) is 9.07. The van der Waals surface area contributed by atoms with E-state index in [0.717, 1.165) is 28.9 Å². The topological polar surface area (TPSA) is 64.4 Å². The molecule has 0 aliphatic carbocycles. The van der Waals surface area contributed by atoms with Crippen LogP contribution in [0.3, 0.4) is 0 Å². The van der Waals surface area contributed by atoms with E-state index >= 15 is 0 Å². The average Bonchev–Trinajstić information content (AvgIpc) is 2.97. The van der Waals surface area contributed by atoms with Gasteiger partial charge in [0.2, 0.25) is 5.88 Å². The fourth-order valence-electron chi connectivity index (χ4n) is 3.30. The van der Waals surface area contributed by atoms with E-state index in [4.69, 9.17) is 4.74 Å². The molecule has 0 radical (unpaired) electrons. The number of methoxy groups -OCH3 is 1. The molecule has 6 heteroatoms. The summed E-state index contributed by atoms with van der Waals surface area (Å²) in [6, 6.07) is 1.92. The molecular weight excluding hydrogens is 324 g/mol. The van der Waals surface area contributed by atoms with Gasteiger partial charge in [0.25, 0.3) is 0 Å². The first-order valence-electron chi connectivity index (χ1n) is 8.08. The second kappa shape index (κ2) is 6.61. The van der Waals surface area contributed by atoms with Crippen LogP contribution in [0.25, 0.3) is 0 Å². The number of hydrogen-bond acceptors (Lipinski definition) is 5. The number of benzene rings is 1. The molecule has 0 fully saturated rings. The maximum Gasteiger partial charge on any atom is 0.220 e. The van der Waals surface area contributed by atoms with Crippen molar-refractivity contribution in [2.24, 2.45) is 0 Å². The molecular formula is C18H22N2O3S. The fraction of sp³-hybridized carbons (Fsp3) is 0.444. The zero-order valence-electron chi connectivity index (χ0n) is 14.4. The van der Waals surface area contributed by atoms with E-state index in [0.29, 0.717) is 12.1 Å². The largest absolute Gasteiger partial charge is 0.493 e. The third-order valence-corrected chi connectivity index (χ3v) is 5.88. The van der Waals surface area contributed by atoms with Gasteiger partial charge < -0.3 is 9.84 Å².